The van der Waals surface area contributed by atoms with Crippen LogP contribution < -0.4 is 10.3 Å². The lowest BCUT2D eigenvalue weighted by Crippen LogP contribution is -2.16. The van der Waals surface area contributed by atoms with Crippen molar-refractivity contribution in [2.24, 2.45) is 0 Å². The number of hydrogen-bond acceptors (Lipinski definition) is 5. The van der Waals surface area contributed by atoms with Gasteiger partial charge in [0.05, 0.1) is 12.7 Å². The second-order valence-corrected chi connectivity index (χ2v) is 5.02. The number of aromatic amines is 1. The molecule has 0 saturated heterocycles. The van der Waals surface area contributed by atoms with Crippen molar-refractivity contribution in [3.63, 3.8) is 0 Å². The van der Waals surface area contributed by atoms with Crippen molar-refractivity contribution in [1.82, 2.24) is 4.98 Å². The molecule has 24 heavy (non-hydrogen) atoms. The Morgan fingerprint density at radius 2 is 2.00 bits per heavy atom. The lowest BCUT2D eigenvalue weighted by molar-refractivity contribution is -0.142. The van der Waals surface area contributed by atoms with Crippen LogP contribution in [0.15, 0.2) is 47.3 Å². The van der Waals surface area contributed by atoms with E-state index in [1.807, 2.05) is 0 Å². The molecule has 6 nitrogen and oxygen atoms in total. The van der Waals surface area contributed by atoms with E-state index in [2.05, 4.69) is 9.72 Å². The molecule has 2 aromatic rings. The number of aryl methyl sites for hydroxylation is 1. The summed E-state index contributed by atoms with van der Waals surface area (Å²) in [5.74, 6) is -0.398. The molecule has 0 spiro atoms. The number of ketones is 1. The maximum Gasteiger partial charge on any atom is 0.343 e. The Hall–Kier alpha value is -3.15. The first-order chi connectivity index (χ1) is 11.5. The molecule has 6 heteroatoms. The Kier molecular flexibility index (Phi) is 5.68. The highest BCUT2D eigenvalue weighted by Gasteiger charge is 2.07. The second-order valence-electron chi connectivity index (χ2n) is 5.02. The first kappa shape index (κ1) is 17.2. The van der Waals surface area contributed by atoms with Crippen LogP contribution >= 0.6 is 0 Å². The predicted octanol–water partition coefficient (Wildman–Crippen LogP) is 2.13. The van der Waals surface area contributed by atoms with Gasteiger partial charge in [0.15, 0.2) is 12.4 Å². The van der Waals surface area contributed by atoms with Crippen molar-refractivity contribution in [3.05, 3.63) is 69.6 Å². The third kappa shape index (κ3) is 4.67. The molecule has 0 bridgehead atoms. The summed E-state index contributed by atoms with van der Waals surface area (Å²) in [6.07, 6.45) is 2.89. The summed E-state index contributed by atoms with van der Waals surface area (Å²) in [6.45, 7) is 1.55. The molecule has 0 amide bonds. The van der Waals surface area contributed by atoms with Gasteiger partial charge >= 0.3 is 5.97 Å². The number of benzene rings is 1. The van der Waals surface area contributed by atoms with E-state index in [1.165, 1.54) is 19.3 Å². The number of H-pyrrole nitrogens is 1. The average Bonchev–Trinajstić information content (AvgIpc) is 2.58. The van der Waals surface area contributed by atoms with Crippen LogP contribution in [0.5, 0.6) is 5.75 Å². The van der Waals surface area contributed by atoms with E-state index in [0.29, 0.717) is 17.0 Å². The normalized spacial score (nSPS) is 10.6. The van der Waals surface area contributed by atoms with Gasteiger partial charge < -0.3 is 14.5 Å². The summed E-state index contributed by atoms with van der Waals surface area (Å²) in [6, 6.07) is 10.0. The van der Waals surface area contributed by atoms with Crippen LogP contribution in [0.4, 0.5) is 0 Å². The predicted molar refractivity (Wildman–Crippen MR) is 89.1 cm³/mol. The fourth-order valence-corrected chi connectivity index (χ4v) is 1.94. The summed E-state index contributed by atoms with van der Waals surface area (Å²) in [5, 5.41) is 0. The lowest BCUT2D eigenvalue weighted by atomic mass is 10.1. The van der Waals surface area contributed by atoms with E-state index in [1.54, 1.807) is 43.3 Å². The van der Waals surface area contributed by atoms with Crippen molar-refractivity contribution < 1.29 is 19.1 Å². The highest BCUT2D eigenvalue weighted by atomic mass is 16.6. The van der Waals surface area contributed by atoms with E-state index in [-0.39, 0.29) is 12.2 Å². The molecule has 0 saturated carbocycles. The van der Waals surface area contributed by atoms with Crippen molar-refractivity contribution in [2.75, 3.05) is 13.7 Å². The fourth-order valence-electron chi connectivity index (χ4n) is 1.94. The minimum atomic E-state index is -0.482. The van der Waals surface area contributed by atoms with Gasteiger partial charge in [-0.2, -0.15) is 0 Å². The zero-order chi connectivity index (χ0) is 17.5. The molecule has 0 aliphatic heterocycles. The third-order valence-electron chi connectivity index (χ3n) is 3.19. The number of esters is 1. The number of nitrogens with one attached hydrogen (secondary N) is 1. The van der Waals surface area contributed by atoms with Crippen LogP contribution in [0.3, 0.4) is 0 Å². The number of pyridine rings is 1. The van der Waals surface area contributed by atoms with Crippen LogP contribution in [0.1, 0.15) is 21.6 Å². The average molecular weight is 327 g/mol. The summed E-state index contributed by atoms with van der Waals surface area (Å²) in [5.41, 5.74) is 1.06. The molecule has 0 aliphatic rings. The van der Waals surface area contributed by atoms with E-state index >= 15 is 0 Å². The maximum atomic E-state index is 12.1. The number of hydrogen-bond donors (Lipinski definition) is 1. The first-order valence-electron chi connectivity index (χ1n) is 7.21. The van der Waals surface area contributed by atoms with Gasteiger partial charge in [-0.25, -0.2) is 4.79 Å². The molecule has 0 fully saturated rings. The minimum Gasteiger partial charge on any atom is -0.482 e. The van der Waals surface area contributed by atoms with Gasteiger partial charge in [0.2, 0.25) is 0 Å². The fraction of sp³-hybridized carbons (Fsp3) is 0.167. The van der Waals surface area contributed by atoms with E-state index in [0.717, 1.165) is 0 Å². The highest BCUT2D eigenvalue weighted by Crippen LogP contribution is 2.14. The maximum absolute atomic E-state index is 12.1. The summed E-state index contributed by atoms with van der Waals surface area (Å²) in [4.78, 5) is 37.5. The number of carbonyl (C=O) groups excluding carboxylic acids is 2. The van der Waals surface area contributed by atoms with Gasteiger partial charge in [0.25, 0.3) is 5.56 Å². The van der Waals surface area contributed by atoms with Crippen molar-refractivity contribution in [3.8, 4) is 5.75 Å². The van der Waals surface area contributed by atoms with Crippen LogP contribution in [0.25, 0.3) is 6.08 Å². The molecule has 1 aromatic heterocycles. The Morgan fingerprint density at radius 1 is 1.21 bits per heavy atom. The highest BCUT2D eigenvalue weighted by molar-refractivity contribution is 6.06. The molecule has 0 aliphatic carbocycles. The number of methoxy groups -OCH3 is 1. The smallest absolute Gasteiger partial charge is 0.343 e. The second kappa shape index (κ2) is 7.92. The molecule has 2 rings (SSSR count). The topological polar surface area (TPSA) is 85.5 Å². The minimum absolute atomic E-state index is 0.0787. The van der Waals surface area contributed by atoms with Gasteiger partial charge in [0.1, 0.15) is 5.75 Å². The lowest BCUT2D eigenvalue weighted by Gasteiger charge is -2.05. The molecular formula is C18H17NO5. The largest absolute Gasteiger partial charge is 0.482 e. The Labute approximate surface area is 138 Å². The van der Waals surface area contributed by atoms with Gasteiger partial charge in [-0.05, 0) is 42.8 Å². The molecule has 1 N–H and O–H groups in total. The number of aromatic nitrogens is 1. The molecule has 1 aromatic carbocycles. The van der Waals surface area contributed by atoms with Gasteiger partial charge in [-0.1, -0.05) is 18.2 Å². The van der Waals surface area contributed by atoms with Crippen molar-refractivity contribution >= 4 is 17.8 Å². The Bertz CT molecular complexity index is 835. The molecule has 0 radical (unpaired) electrons. The Morgan fingerprint density at radius 3 is 2.71 bits per heavy atom. The molecule has 124 valence electrons. The van der Waals surface area contributed by atoms with Crippen molar-refractivity contribution in [2.45, 2.75) is 6.92 Å². The van der Waals surface area contributed by atoms with Crippen LogP contribution in [0.2, 0.25) is 0 Å². The summed E-state index contributed by atoms with van der Waals surface area (Å²) < 4.78 is 9.77. The van der Waals surface area contributed by atoms with E-state index < -0.39 is 17.3 Å². The van der Waals surface area contributed by atoms with Crippen LogP contribution in [-0.2, 0) is 9.53 Å². The first-order valence-corrected chi connectivity index (χ1v) is 7.21. The molecule has 0 atom stereocenters. The quantitative estimate of drug-likeness (QED) is 0.499. The summed E-state index contributed by atoms with van der Waals surface area (Å²) in [7, 11) is 1.28. The van der Waals surface area contributed by atoms with E-state index in [9.17, 15) is 14.4 Å². The molecule has 1 heterocycles. The number of ether oxygens (including phenoxy) is 2. The standard InChI is InChI=1S/C18H17NO5/c1-12-6-8-15(18(22)19-12)16(20)9-7-13-4-3-5-14(10-13)24-11-17(21)23-2/h3-10H,11H2,1-2H3,(H,19,22). The third-order valence-corrected chi connectivity index (χ3v) is 3.19. The monoisotopic (exact) mass is 327 g/mol. The Balaban J connectivity index is 2.09. The van der Waals surface area contributed by atoms with Crippen molar-refractivity contribution in [1.29, 1.82) is 0 Å². The number of carbonyl (C=O) groups is 2. The SMILES string of the molecule is COC(=O)COc1cccc(C=CC(=O)c2ccc(C)[nH]c2=O)c1. The van der Waals surface area contributed by atoms with E-state index in [4.69, 9.17) is 4.74 Å². The molecular weight excluding hydrogens is 310 g/mol. The number of rotatable bonds is 6. The zero-order valence-corrected chi connectivity index (χ0v) is 13.4. The summed E-state index contributed by atoms with van der Waals surface area (Å²) >= 11 is 0. The van der Waals surface area contributed by atoms with Crippen LogP contribution in [-0.4, -0.2) is 30.5 Å². The van der Waals surface area contributed by atoms with Gasteiger partial charge in [0, 0.05) is 5.69 Å². The van der Waals surface area contributed by atoms with Gasteiger partial charge in [-0.3, -0.25) is 9.59 Å². The van der Waals surface area contributed by atoms with Gasteiger partial charge in [-0.15, -0.1) is 0 Å². The zero-order valence-electron chi connectivity index (χ0n) is 13.4. The molecule has 0 unspecified atom stereocenters. The van der Waals surface area contributed by atoms with Crippen LogP contribution in [0, 0.1) is 6.92 Å². The number of allylic oxidation sites excluding steroid dienone is 1.